The number of amides is 3. The molecule has 3 amide bonds. The topological polar surface area (TPSA) is 47.1 Å². The number of urea groups is 1. The van der Waals surface area contributed by atoms with Crippen LogP contribution in [0.1, 0.15) is 112 Å². The molecular weight excluding hydrogens is 412 g/mol. The molecule has 1 saturated carbocycles. The Labute approximate surface area is 204 Å². The zero-order valence-corrected chi connectivity index (χ0v) is 22.4. The van der Waals surface area contributed by atoms with Crippen LogP contribution in [0, 0.1) is 5.92 Å². The molecule has 2 aliphatic rings. The second kappa shape index (κ2) is 14.3. The summed E-state index contributed by atoms with van der Waals surface area (Å²) in [7, 11) is 0. The van der Waals surface area contributed by atoms with Crippen LogP contribution >= 0.6 is 0 Å². The van der Waals surface area contributed by atoms with Gasteiger partial charge in [-0.25, -0.2) is 9.69 Å². The Kier molecular flexibility index (Phi) is 12.2. The lowest BCUT2D eigenvalue weighted by Crippen LogP contribution is -2.55. The molecule has 1 saturated heterocycles. The van der Waals surface area contributed by atoms with Crippen LogP contribution in [0.15, 0.2) is 0 Å². The molecule has 1 unspecified atom stereocenters. The van der Waals surface area contributed by atoms with Gasteiger partial charge in [-0.05, 0) is 77.5 Å². The Morgan fingerprint density at radius 1 is 0.758 bits per heavy atom. The number of unbranched alkanes of at least 4 members (excludes halogenated alkanes) is 4. The molecule has 2 rings (SSSR count). The van der Waals surface area contributed by atoms with Crippen molar-refractivity contribution in [2.75, 3.05) is 39.5 Å². The zero-order chi connectivity index (χ0) is 24.3. The largest absolute Gasteiger partial charge is 0.329 e. The van der Waals surface area contributed by atoms with Crippen molar-refractivity contribution >= 4 is 11.9 Å². The fraction of sp³-hybridized carbons (Fsp3) is 0.926. The number of nitrogens with zero attached hydrogens (tertiary/aromatic N) is 4. The molecule has 192 valence electrons. The lowest BCUT2D eigenvalue weighted by molar-refractivity contribution is -0.137. The van der Waals surface area contributed by atoms with Gasteiger partial charge >= 0.3 is 6.03 Å². The van der Waals surface area contributed by atoms with Crippen LogP contribution in [0.2, 0.25) is 0 Å². The van der Waals surface area contributed by atoms with Crippen LogP contribution in [0.4, 0.5) is 4.79 Å². The van der Waals surface area contributed by atoms with Gasteiger partial charge in [0.15, 0.2) is 0 Å². The van der Waals surface area contributed by atoms with E-state index in [1.807, 2.05) is 4.90 Å². The summed E-state index contributed by atoms with van der Waals surface area (Å²) >= 11 is 0. The molecular formula is C27H52N4O2. The molecule has 0 N–H and O–H groups in total. The molecule has 6 nitrogen and oxygen atoms in total. The van der Waals surface area contributed by atoms with Crippen LogP contribution in [-0.2, 0) is 4.79 Å². The summed E-state index contributed by atoms with van der Waals surface area (Å²) in [5.74, 6) is 0.321. The molecule has 33 heavy (non-hydrogen) atoms. The highest BCUT2D eigenvalue weighted by Gasteiger charge is 2.58. The second-order valence-electron chi connectivity index (χ2n) is 10.5. The zero-order valence-electron chi connectivity index (χ0n) is 22.4. The summed E-state index contributed by atoms with van der Waals surface area (Å²) in [6, 6.07) is -0.0645. The molecule has 6 heteroatoms. The highest BCUT2D eigenvalue weighted by molar-refractivity contribution is 6.07. The fourth-order valence-electron chi connectivity index (χ4n) is 5.47. The maximum atomic E-state index is 13.9. The van der Waals surface area contributed by atoms with E-state index in [-0.39, 0.29) is 17.9 Å². The van der Waals surface area contributed by atoms with Gasteiger partial charge in [-0.2, -0.15) is 0 Å². The van der Waals surface area contributed by atoms with Crippen LogP contribution in [0.3, 0.4) is 0 Å². The minimum Gasteiger partial charge on any atom is -0.297 e. The minimum absolute atomic E-state index is 0.0447. The summed E-state index contributed by atoms with van der Waals surface area (Å²) in [4.78, 5) is 36.1. The van der Waals surface area contributed by atoms with Crippen LogP contribution in [0.5, 0.6) is 0 Å². The molecule has 0 aromatic rings. The van der Waals surface area contributed by atoms with E-state index < -0.39 is 5.54 Å². The Morgan fingerprint density at radius 3 is 1.61 bits per heavy atom. The van der Waals surface area contributed by atoms with Crippen molar-refractivity contribution in [3.05, 3.63) is 0 Å². The van der Waals surface area contributed by atoms with E-state index in [9.17, 15) is 9.59 Å². The van der Waals surface area contributed by atoms with Gasteiger partial charge in [0.05, 0.1) is 13.3 Å². The van der Waals surface area contributed by atoms with E-state index in [0.717, 1.165) is 90.4 Å². The maximum Gasteiger partial charge on any atom is 0.329 e. The highest BCUT2D eigenvalue weighted by atomic mass is 16.2. The number of carbonyl (C=O) groups excluding carboxylic acids is 2. The Morgan fingerprint density at radius 2 is 1.18 bits per heavy atom. The molecule has 0 aromatic heterocycles. The predicted octanol–water partition coefficient (Wildman–Crippen LogP) is 5.92. The molecule has 1 aliphatic heterocycles. The van der Waals surface area contributed by atoms with Crippen molar-refractivity contribution in [2.45, 2.75) is 117 Å². The third kappa shape index (κ3) is 7.17. The van der Waals surface area contributed by atoms with Crippen LogP contribution < -0.4 is 0 Å². The lowest BCUT2D eigenvalue weighted by Gasteiger charge is -2.39. The van der Waals surface area contributed by atoms with Gasteiger partial charge in [0.1, 0.15) is 5.54 Å². The van der Waals surface area contributed by atoms with Crippen molar-refractivity contribution in [1.82, 2.24) is 19.6 Å². The third-order valence-electron chi connectivity index (χ3n) is 7.85. The molecule has 1 atom stereocenters. The average Bonchev–Trinajstić information content (AvgIpc) is 3.42. The first-order chi connectivity index (χ1) is 15.9. The standard InChI is InChI=1S/C27H52N4O2/c1-6-10-18-28(19-11-7-2)22-30-25(32)27(5,24-16-14-15-17-24)31(26(30)33)23-29(20-12-8-3)21-13-9-4/h24H,6-23H2,1-5H3. The van der Waals surface area contributed by atoms with Gasteiger partial charge in [-0.15, -0.1) is 0 Å². The van der Waals surface area contributed by atoms with Gasteiger partial charge in [0.2, 0.25) is 0 Å². The van der Waals surface area contributed by atoms with E-state index in [2.05, 4.69) is 44.4 Å². The monoisotopic (exact) mass is 464 g/mol. The lowest BCUT2D eigenvalue weighted by atomic mass is 9.83. The number of hydrogen-bond donors (Lipinski definition) is 0. The summed E-state index contributed by atoms with van der Waals surface area (Å²) in [5.41, 5.74) is -0.703. The van der Waals surface area contributed by atoms with Crippen LogP contribution in [-0.4, -0.2) is 76.6 Å². The van der Waals surface area contributed by atoms with Gasteiger partial charge < -0.3 is 0 Å². The van der Waals surface area contributed by atoms with Gasteiger partial charge in [0, 0.05) is 0 Å². The Balaban J connectivity index is 2.27. The third-order valence-corrected chi connectivity index (χ3v) is 7.85. The first kappa shape index (κ1) is 28.1. The number of carbonyl (C=O) groups is 2. The van der Waals surface area contributed by atoms with E-state index in [1.54, 1.807) is 4.90 Å². The first-order valence-corrected chi connectivity index (χ1v) is 14.0. The maximum absolute atomic E-state index is 13.9. The van der Waals surface area contributed by atoms with Gasteiger partial charge in [0.25, 0.3) is 5.91 Å². The number of hydrogen-bond acceptors (Lipinski definition) is 4. The SMILES string of the molecule is CCCCN(CCCC)CN1C(=O)N(CN(CCCC)CCCC)C(C)(C2CCCC2)C1=O. The molecule has 1 heterocycles. The van der Waals surface area contributed by atoms with Gasteiger partial charge in [-0.3, -0.25) is 19.5 Å². The van der Waals surface area contributed by atoms with Crippen molar-refractivity contribution in [1.29, 1.82) is 0 Å². The average molecular weight is 465 g/mol. The summed E-state index contributed by atoms with van der Waals surface area (Å²) in [5, 5.41) is 0. The Hall–Kier alpha value is -1.14. The molecule has 2 fully saturated rings. The predicted molar refractivity (Wildman–Crippen MR) is 137 cm³/mol. The molecule has 1 aliphatic carbocycles. The molecule has 0 radical (unpaired) electrons. The quantitative estimate of drug-likeness (QED) is 0.251. The van der Waals surface area contributed by atoms with Crippen molar-refractivity contribution < 1.29 is 9.59 Å². The summed E-state index contributed by atoms with van der Waals surface area (Å²) in [6.07, 6.45) is 13.5. The fourth-order valence-corrected chi connectivity index (χ4v) is 5.47. The summed E-state index contributed by atoms with van der Waals surface area (Å²) < 4.78 is 0. The molecule has 0 spiro atoms. The van der Waals surface area contributed by atoms with Crippen molar-refractivity contribution in [2.24, 2.45) is 5.92 Å². The number of imide groups is 1. The second-order valence-corrected chi connectivity index (χ2v) is 10.5. The Bertz CT molecular complexity index is 577. The van der Waals surface area contributed by atoms with E-state index in [4.69, 9.17) is 0 Å². The van der Waals surface area contributed by atoms with Crippen molar-refractivity contribution in [3.8, 4) is 0 Å². The van der Waals surface area contributed by atoms with Crippen LogP contribution in [0.25, 0.3) is 0 Å². The highest BCUT2D eigenvalue weighted by Crippen LogP contribution is 2.43. The smallest absolute Gasteiger partial charge is 0.297 e. The van der Waals surface area contributed by atoms with Gasteiger partial charge in [-0.1, -0.05) is 66.2 Å². The van der Waals surface area contributed by atoms with E-state index in [1.165, 1.54) is 12.8 Å². The van der Waals surface area contributed by atoms with Crippen molar-refractivity contribution in [3.63, 3.8) is 0 Å². The van der Waals surface area contributed by atoms with E-state index in [0.29, 0.717) is 13.3 Å². The number of rotatable bonds is 17. The molecule has 0 bridgehead atoms. The molecule has 0 aromatic carbocycles. The van der Waals surface area contributed by atoms with E-state index >= 15 is 0 Å². The normalized spacial score (nSPS) is 22.0. The minimum atomic E-state index is -0.703. The summed E-state index contributed by atoms with van der Waals surface area (Å²) in [6.45, 7) is 15.8. The first-order valence-electron chi connectivity index (χ1n) is 14.0.